The Hall–Kier alpha value is -0.913. The molecule has 1 aromatic rings. The molecule has 0 bridgehead atoms. The Morgan fingerprint density at radius 3 is 2.46 bits per heavy atom. The topological polar surface area (TPSA) is 52.2 Å². The second-order valence-corrected chi connectivity index (χ2v) is 2.45. The molecule has 13 heavy (non-hydrogen) atoms. The summed E-state index contributed by atoms with van der Waals surface area (Å²) < 4.78 is 0. The van der Waals surface area contributed by atoms with E-state index in [1.54, 1.807) is 0 Å². The molecule has 0 saturated carbocycles. The van der Waals surface area contributed by atoms with Gasteiger partial charge in [-0.2, -0.15) is 0 Å². The van der Waals surface area contributed by atoms with Crippen LogP contribution in [0.25, 0.3) is 0 Å². The fraction of sp³-hybridized carbons (Fsp3) is 0.222. The molecule has 0 saturated heterocycles. The molecule has 1 amide bonds. The fourth-order valence-electron chi connectivity index (χ4n) is 0.954. The van der Waals surface area contributed by atoms with E-state index >= 15 is 0 Å². The standard InChI is InChI=1S/C9H11NO2.Li/c11-9(12)10-7-6-8-4-2-1-3-5-8;/h1-5,10H,6-7H2,(H,11,12);/q;+1/p-1. The van der Waals surface area contributed by atoms with Gasteiger partial charge in [0.2, 0.25) is 0 Å². The maximum Gasteiger partial charge on any atom is 1.00 e. The first kappa shape index (κ1) is 12.1. The first-order valence-electron chi connectivity index (χ1n) is 3.78. The van der Waals surface area contributed by atoms with Crippen molar-refractivity contribution < 1.29 is 28.8 Å². The number of hydrogen-bond donors (Lipinski definition) is 1. The molecule has 1 rings (SSSR count). The summed E-state index contributed by atoms with van der Waals surface area (Å²) in [7, 11) is 0. The van der Waals surface area contributed by atoms with Gasteiger partial charge in [-0.15, -0.1) is 0 Å². The number of amides is 1. The van der Waals surface area contributed by atoms with Crippen molar-refractivity contribution in [3.05, 3.63) is 35.9 Å². The Morgan fingerprint density at radius 2 is 1.92 bits per heavy atom. The van der Waals surface area contributed by atoms with E-state index in [1.807, 2.05) is 30.3 Å². The predicted octanol–water partition coefficient (Wildman–Crippen LogP) is -2.83. The molecule has 0 fully saturated rings. The van der Waals surface area contributed by atoms with E-state index in [4.69, 9.17) is 0 Å². The van der Waals surface area contributed by atoms with E-state index in [-0.39, 0.29) is 18.9 Å². The molecule has 3 nitrogen and oxygen atoms in total. The Balaban J connectivity index is 0.00000144. The third-order valence-corrected chi connectivity index (χ3v) is 1.53. The van der Waals surface area contributed by atoms with Crippen molar-refractivity contribution in [1.29, 1.82) is 0 Å². The Labute approximate surface area is 89.3 Å². The molecule has 1 aromatic carbocycles. The van der Waals surface area contributed by atoms with Crippen molar-refractivity contribution in [2.75, 3.05) is 6.54 Å². The summed E-state index contributed by atoms with van der Waals surface area (Å²) >= 11 is 0. The van der Waals surface area contributed by atoms with Crippen molar-refractivity contribution >= 4 is 6.09 Å². The average molecular weight is 171 g/mol. The van der Waals surface area contributed by atoms with Crippen LogP contribution in [0.2, 0.25) is 0 Å². The molecular weight excluding hydrogens is 161 g/mol. The van der Waals surface area contributed by atoms with Gasteiger partial charge in [-0.1, -0.05) is 30.3 Å². The Bertz CT molecular complexity index is 251. The number of carbonyl (C=O) groups is 1. The van der Waals surface area contributed by atoms with Crippen LogP contribution in [0.4, 0.5) is 4.79 Å². The van der Waals surface area contributed by atoms with Crippen molar-refractivity contribution in [3.8, 4) is 0 Å². The number of benzene rings is 1. The number of nitrogens with one attached hydrogen (secondary N) is 1. The Morgan fingerprint density at radius 1 is 1.31 bits per heavy atom. The van der Waals surface area contributed by atoms with E-state index in [2.05, 4.69) is 5.32 Å². The second kappa shape index (κ2) is 6.59. The average Bonchev–Trinajstić information content (AvgIpc) is 2.05. The van der Waals surface area contributed by atoms with Crippen LogP contribution in [-0.2, 0) is 6.42 Å². The van der Waals surface area contributed by atoms with Crippen LogP contribution < -0.4 is 29.3 Å². The van der Waals surface area contributed by atoms with Crippen LogP contribution >= 0.6 is 0 Å². The molecule has 0 spiro atoms. The van der Waals surface area contributed by atoms with Crippen LogP contribution in [0.3, 0.4) is 0 Å². The third-order valence-electron chi connectivity index (χ3n) is 1.53. The van der Waals surface area contributed by atoms with Gasteiger partial charge in [0.15, 0.2) is 0 Å². The molecule has 0 aliphatic heterocycles. The quantitative estimate of drug-likeness (QED) is 0.498. The third kappa shape index (κ3) is 5.35. The molecule has 1 N–H and O–H groups in total. The van der Waals surface area contributed by atoms with E-state index in [0.29, 0.717) is 13.0 Å². The maximum absolute atomic E-state index is 9.97. The van der Waals surface area contributed by atoms with E-state index in [9.17, 15) is 9.90 Å². The molecule has 0 heterocycles. The molecule has 0 aliphatic rings. The zero-order valence-corrected chi connectivity index (χ0v) is 7.62. The number of rotatable bonds is 3. The van der Waals surface area contributed by atoms with Gasteiger partial charge in [-0.25, -0.2) is 0 Å². The molecule has 0 atom stereocenters. The molecule has 0 unspecified atom stereocenters. The van der Waals surface area contributed by atoms with Gasteiger partial charge in [0, 0.05) is 6.54 Å². The van der Waals surface area contributed by atoms with Crippen molar-refractivity contribution in [3.63, 3.8) is 0 Å². The van der Waals surface area contributed by atoms with Crippen LogP contribution in [0.1, 0.15) is 5.56 Å². The van der Waals surface area contributed by atoms with Gasteiger partial charge < -0.3 is 15.2 Å². The predicted molar refractivity (Wildman–Crippen MR) is 43.5 cm³/mol. The number of carboxylic acid groups (broad SMARTS) is 1. The minimum atomic E-state index is -1.22. The molecule has 0 aromatic heterocycles. The SMILES string of the molecule is O=C([O-])NCCc1ccccc1.[Li+]. The van der Waals surface area contributed by atoms with Gasteiger partial charge in [-0.3, -0.25) is 0 Å². The minimum Gasteiger partial charge on any atom is -0.530 e. The molecular formula is C9H10LiNO2. The summed E-state index contributed by atoms with van der Waals surface area (Å²) in [6.45, 7) is 0.409. The summed E-state index contributed by atoms with van der Waals surface area (Å²) in [6.07, 6.45) is -0.514. The van der Waals surface area contributed by atoms with Gasteiger partial charge in [0.05, 0.1) is 0 Å². The summed E-state index contributed by atoms with van der Waals surface area (Å²) in [5.74, 6) is 0. The summed E-state index contributed by atoms with van der Waals surface area (Å²) in [6, 6.07) is 9.69. The largest absolute Gasteiger partial charge is 1.00 e. The fourth-order valence-corrected chi connectivity index (χ4v) is 0.954. The van der Waals surface area contributed by atoms with E-state index in [0.717, 1.165) is 5.56 Å². The zero-order chi connectivity index (χ0) is 8.81. The van der Waals surface area contributed by atoms with E-state index < -0.39 is 6.09 Å². The monoisotopic (exact) mass is 171 g/mol. The summed E-state index contributed by atoms with van der Waals surface area (Å²) in [5, 5.41) is 12.2. The molecule has 64 valence electrons. The molecule has 0 aliphatic carbocycles. The first-order valence-corrected chi connectivity index (χ1v) is 3.78. The van der Waals surface area contributed by atoms with Crippen LogP contribution in [0, 0.1) is 0 Å². The van der Waals surface area contributed by atoms with Gasteiger partial charge in [0.1, 0.15) is 6.09 Å². The Kier molecular flexibility index (Phi) is 6.12. The van der Waals surface area contributed by atoms with Crippen molar-refractivity contribution in [2.24, 2.45) is 0 Å². The van der Waals surface area contributed by atoms with Crippen molar-refractivity contribution in [1.82, 2.24) is 5.32 Å². The van der Waals surface area contributed by atoms with Crippen LogP contribution in [0.5, 0.6) is 0 Å². The second-order valence-electron chi connectivity index (χ2n) is 2.45. The minimum absolute atomic E-state index is 0. The number of hydrogen-bond acceptors (Lipinski definition) is 2. The molecule has 4 heteroatoms. The smallest absolute Gasteiger partial charge is 0.530 e. The van der Waals surface area contributed by atoms with Crippen molar-refractivity contribution in [2.45, 2.75) is 6.42 Å². The van der Waals surface area contributed by atoms with Crippen LogP contribution in [-0.4, -0.2) is 12.6 Å². The van der Waals surface area contributed by atoms with Crippen LogP contribution in [0.15, 0.2) is 30.3 Å². The normalized spacial score (nSPS) is 8.62. The first-order chi connectivity index (χ1) is 5.79. The summed E-state index contributed by atoms with van der Waals surface area (Å²) in [5.41, 5.74) is 1.12. The maximum atomic E-state index is 9.97. The summed E-state index contributed by atoms with van der Waals surface area (Å²) in [4.78, 5) is 9.97. The van der Waals surface area contributed by atoms with Gasteiger partial charge in [0.25, 0.3) is 0 Å². The zero-order valence-electron chi connectivity index (χ0n) is 7.62. The molecule has 0 radical (unpaired) electrons. The van der Waals surface area contributed by atoms with Gasteiger partial charge in [-0.05, 0) is 12.0 Å². The number of carbonyl (C=O) groups excluding carboxylic acids is 1. The van der Waals surface area contributed by atoms with E-state index in [1.165, 1.54) is 0 Å². The van der Waals surface area contributed by atoms with Gasteiger partial charge >= 0.3 is 18.9 Å².